The summed E-state index contributed by atoms with van der Waals surface area (Å²) in [5.41, 5.74) is 1.97. The van der Waals surface area contributed by atoms with Gasteiger partial charge in [0.2, 0.25) is 0 Å². The fraction of sp³-hybridized carbons (Fsp3) is 0.222. The third kappa shape index (κ3) is 4.58. The van der Waals surface area contributed by atoms with Gasteiger partial charge in [-0.05, 0) is 48.1 Å². The molecule has 122 valence electrons. The van der Waals surface area contributed by atoms with Crippen LogP contribution in [-0.2, 0) is 6.42 Å². The van der Waals surface area contributed by atoms with Gasteiger partial charge in [0.05, 0.1) is 0 Å². The molecule has 2 aromatic carbocycles. The van der Waals surface area contributed by atoms with Gasteiger partial charge in [-0.25, -0.2) is 8.78 Å². The lowest BCUT2D eigenvalue weighted by Gasteiger charge is -2.10. The molecule has 0 heterocycles. The first kappa shape index (κ1) is 17.1. The molecule has 0 fully saturated rings. The highest BCUT2D eigenvalue weighted by Crippen LogP contribution is 2.30. The van der Waals surface area contributed by atoms with Crippen molar-refractivity contribution < 1.29 is 22.3 Å². The van der Waals surface area contributed by atoms with Gasteiger partial charge in [0, 0.05) is 0 Å². The Morgan fingerprint density at radius 3 is 2.13 bits per heavy atom. The summed E-state index contributed by atoms with van der Waals surface area (Å²) in [5, 5.41) is 0. The van der Waals surface area contributed by atoms with Crippen LogP contribution in [0.15, 0.2) is 49.1 Å². The zero-order valence-electron chi connectivity index (χ0n) is 12.4. The van der Waals surface area contributed by atoms with Gasteiger partial charge in [0.15, 0.2) is 17.4 Å². The van der Waals surface area contributed by atoms with Crippen molar-refractivity contribution in [2.75, 3.05) is 0 Å². The van der Waals surface area contributed by atoms with Crippen molar-refractivity contribution >= 4 is 0 Å². The average Bonchev–Trinajstić information content (AvgIpc) is 2.51. The van der Waals surface area contributed by atoms with E-state index in [2.05, 4.69) is 11.3 Å². The molecule has 0 saturated heterocycles. The van der Waals surface area contributed by atoms with Gasteiger partial charge in [-0.3, -0.25) is 0 Å². The van der Waals surface area contributed by atoms with Crippen molar-refractivity contribution in [1.82, 2.24) is 0 Å². The summed E-state index contributed by atoms with van der Waals surface area (Å²) >= 11 is 0. The molecule has 0 bridgehead atoms. The number of hydrogen-bond acceptors (Lipinski definition) is 1. The van der Waals surface area contributed by atoms with E-state index in [-0.39, 0.29) is 5.56 Å². The van der Waals surface area contributed by atoms with Crippen LogP contribution in [0.25, 0.3) is 11.1 Å². The van der Waals surface area contributed by atoms with E-state index < -0.39 is 24.0 Å². The molecule has 0 radical (unpaired) electrons. The lowest BCUT2D eigenvalue weighted by Crippen LogP contribution is -2.06. The number of ether oxygens (including phenoxy) is 1. The first-order valence-electron chi connectivity index (χ1n) is 7.15. The van der Waals surface area contributed by atoms with E-state index in [4.69, 9.17) is 0 Å². The molecular weight excluding hydrogens is 308 g/mol. The van der Waals surface area contributed by atoms with E-state index in [0.29, 0.717) is 5.56 Å². The summed E-state index contributed by atoms with van der Waals surface area (Å²) in [4.78, 5) is 0. The van der Waals surface area contributed by atoms with Crippen molar-refractivity contribution in [2.45, 2.75) is 25.9 Å². The molecule has 0 N–H and O–H groups in total. The fourth-order valence-electron chi connectivity index (χ4n) is 2.24. The number of benzene rings is 2. The topological polar surface area (TPSA) is 9.23 Å². The van der Waals surface area contributed by atoms with Gasteiger partial charge in [-0.15, -0.1) is 6.58 Å². The van der Waals surface area contributed by atoms with Crippen LogP contribution in [0.1, 0.15) is 18.4 Å². The molecule has 0 atom stereocenters. The molecule has 1 nitrogen and oxygen atoms in total. The van der Waals surface area contributed by atoms with Crippen molar-refractivity contribution in [2.24, 2.45) is 0 Å². The number of unbranched alkanes of at least 4 members (excludes halogenated alkanes) is 1. The van der Waals surface area contributed by atoms with Gasteiger partial charge < -0.3 is 4.74 Å². The fourth-order valence-corrected chi connectivity index (χ4v) is 2.24. The summed E-state index contributed by atoms with van der Waals surface area (Å²) in [6.45, 7) is 0.381. The number of allylic oxidation sites excluding steroid dienone is 1. The van der Waals surface area contributed by atoms with Crippen LogP contribution >= 0.6 is 0 Å². The molecule has 0 saturated carbocycles. The van der Waals surface area contributed by atoms with Gasteiger partial charge in [0.25, 0.3) is 0 Å². The molecule has 0 unspecified atom stereocenters. The zero-order valence-corrected chi connectivity index (χ0v) is 12.4. The van der Waals surface area contributed by atoms with Crippen LogP contribution in [0.2, 0.25) is 0 Å². The monoisotopic (exact) mass is 324 g/mol. The maximum atomic E-state index is 13.7. The lowest BCUT2D eigenvalue weighted by molar-refractivity contribution is -0.0546. The largest absolute Gasteiger partial charge is 0.429 e. The molecule has 5 heteroatoms. The maximum Gasteiger partial charge on any atom is 0.387 e. The van der Waals surface area contributed by atoms with E-state index in [1.165, 1.54) is 0 Å². The van der Waals surface area contributed by atoms with Crippen molar-refractivity contribution in [1.29, 1.82) is 0 Å². The van der Waals surface area contributed by atoms with Gasteiger partial charge >= 0.3 is 6.61 Å². The molecular formula is C18H16F4O. The lowest BCUT2D eigenvalue weighted by atomic mass is 10.0. The van der Waals surface area contributed by atoms with Crippen LogP contribution in [-0.4, -0.2) is 6.61 Å². The Labute approximate surface area is 132 Å². The van der Waals surface area contributed by atoms with Crippen LogP contribution in [0.5, 0.6) is 5.75 Å². The molecule has 0 aliphatic rings. The van der Waals surface area contributed by atoms with E-state index in [1.807, 2.05) is 18.2 Å². The van der Waals surface area contributed by atoms with Gasteiger partial charge in [-0.1, -0.05) is 30.3 Å². The second-order valence-corrected chi connectivity index (χ2v) is 5.03. The first-order chi connectivity index (χ1) is 11.0. The van der Waals surface area contributed by atoms with Gasteiger partial charge in [-0.2, -0.15) is 8.78 Å². The molecule has 0 amide bonds. The van der Waals surface area contributed by atoms with E-state index >= 15 is 0 Å². The van der Waals surface area contributed by atoms with Crippen LogP contribution < -0.4 is 4.74 Å². The normalized spacial score (nSPS) is 10.8. The predicted molar refractivity (Wildman–Crippen MR) is 81.6 cm³/mol. The van der Waals surface area contributed by atoms with E-state index in [1.54, 1.807) is 12.1 Å². The minimum absolute atomic E-state index is 0.263. The smallest absolute Gasteiger partial charge is 0.387 e. The second kappa shape index (κ2) is 7.81. The maximum absolute atomic E-state index is 13.7. The quantitative estimate of drug-likeness (QED) is 0.358. The zero-order chi connectivity index (χ0) is 16.8. The first-order valence-corrected chi connectivity index (χ1v) is 7.15. The molecule has 2 aromatic rings. The molecule has 0 aromatic heterocycles. The summed E-state index contributed by atoms with van der Waals surface area (Å²) in [6.07, 6.45) is 4.63. The summed E-state index contributed by atoms with van der Waals surface area (Å²) < 4.78 is 55.5. The Morgan fingerprint density at radius 1 is 1.00 bits per heavy atom. The standard InChI is InChI=1S/C18H16F4O/c1-2-3-4-5-12-6-8-13(9-7-12)14-10-15(19)17(16(20)11-14)23-18(21)22/h2,6-11,18H,1,3-5H2. The number of aryl methyl sites for hydroxylation is 1. The van der Waals surface area contributed by atoms with Crippen molar-refractivity contribution in [3.8, 4) is 16.9 Å². The SMILES string of the molecule is C=CCCCc1ccc(-c2cc(F)c(OC(F)F)c(F)c2)cc1. The molecule has 0 spiro atoms. The third-order valence-electron chi connectivity index (χ3n) is 3.37. The molecule has 2 rings (SSSR count). The Morgan fingerprint density at radius 2 is 1.61 bits per heavy atom. The molecule has 23 heavy (non-hydrogen) atoms. The number of hydrogen-bond donors (Lipinski definition) is 0. The number of alkyl halides is 2. The molecule has 0 aliphatic heterocycles. The van der Waals surface area contributed by atoms with Crippen molar-refractivity contribution in [3.05, 3.63) is 66.3 Å². The van der Waals surface area contributed by atoms with Crippen molar-refractivity contribution in [3.63, 3.8) is 0 Å². The average molecular weight is 324 g/mol. The highest BCUT2D eigenvalue weighted by Gasteiger charge is 2.17. The van der Waals surface area contributed by atoms with Crippen LogP contribution in [0.3, 0.4) is 0 Å². The Balaban J connectivity index is 2.20. The van der Waals surface area contributed by atoms with Crippen LogP contribution in [0, 0.1) is 11.6 Å². The Bertz CT molecular complexity index is 642. The summed E-state index contributed by atoms with van der Waals surface area (Å²) in [7, 11) is 0. The van der Waals surface area contributed by atoms with Gasteiger partial charge in [0.1, 0.15) is 0 Å². The third-order valence-corrected chi connectivity index (χ3v) is 3.37. The van der Waals surface area contributed by atoms with E-state index in [9.17, 15) is 17.6 Å². The van der Waals surface area contributed by atoms with E-state index in [0.717, 1.165) is 37.0 Å². The number of halogens is 4. The molecule has 0 aliphatic carbocycles. The predicted octanol–water partition coefficient (Wildman–Crippen LogP) is 5.74. The summed E-state index contributed by atoms with van der Waals surface area (Å²) in [6, 6.07) is 9.19. The minimum Gasteiger partial charge on any atom is -0.429 e. The number of rotatable bonds is 7. The Hall–Kier alpha value is -2.30. The Kier molecular flexibility index (Phi) is 5.79. The highest BCUT2D eigenvalue weighted by molar-refractivity contribution is 5.65. The minimum atomic E-state index is -3.28. The van der Waals surface area contributed by atoms with Crippen LogP contribution in [0.4, 0.5) is 17.6 Å². The second-order valence-electron chi connectivity index (χ2n) is 5.03. The highest BCUT2D eigenvalue weighted by atomic mass is 19.3. The summed E-state index contributed by atoms with van der Waals surface area (Å²) in [5.74, 6) is -3.38.